The Morgan fingerprint density at radius 2 is 2.25 bits per heavy atom. The number of rotatable bonds is 6. The van der Waals surface area contributed by atoms with E-state index in [2.05, 4.69) is 15.0 Å². The molecule has 0 saturated carbocycles. The summed E-state index contributed by atoms with van der Waals surface area (Å²) in [6.07, 6.45) is 2.85. The molecule has 5 nitrogen and oxygen atoms in total. The first-order chi connectivity index (χ1) is 7.76. The van der Waals surface area contributed by atoms with Crippen LogP contribution in [0.4, 0.5) is 5.69 Å². The van der Waals surface area contributed by atoms with Crippen LogP contribution in [0.1, 0.15) is 12.8 Å². The summed E-state index contributed by atoms with van der Waals surface area (Å²) in [4.78, 5) is 14.9. The van der Waals surface area contributed by atoms with Crippen molar-refractivity contribution in [2.24, 2.45) is 0 Å². The number of hydrogen-bond donors (Lipinski definition) is 1. The Morgan fingerprint density at radius 1 is 1.44 bits per heavy atom. The molecular weight excluding hydrogens is 208 g/mol. The van der Waals surface area contributed by atoms with Gasteiger partial charge in [-0.3, -0.25) is 4.79 Å². The molecule has 0 aromatic carbocycles. The van der Waals surface area contributed by atoms with Gasteiger partial charge in [0, 0.05) is 19.0 Å². The van der Waals surface area contributed by atoms with Crippen LogP contribution in [0.2, 0.25) is 0 Å². The number of methoxy groups -OCH3 is 2. The molecular formula is C11H16N2O3. The van der Waals surface area contributed by atoms with Gasteiger partial charge in [-0.2, -0.15) is 0 Å². The van der Waals surface area contributed by atoms with Crippen LogP contribution in [0.15, 0.2) is 18.3 Å². The quantitative estimate of drug-likeness (QED) is 0.585. The average molecular weight is 224 g/mol. The van der Waals surface area contributed by atoms with Crippen LogP contribution in [0.3, 0.4) is 0 Å². The van der Waals surface area contributed by atoms with Crippen LogP contribution in [-0.2, 0) is 9.53 Å². The van der Waals surface area contributed by atoms with Crippen molar-refractivity contribution in [3.63, 3.8) is 0 Å². The number of aromatic nitrogens is 1. The largest absolute Gasteiger partial charge is 0.481 e. The monoisotopic (exact) mass is 224 g/mol. The highest BCUT2D eigenvalue weighted by molar-refractivity contribution is 5.69. The van der Waals surface area contributed by atoms with Gasteiger partial charge in [-0.15, -0.1) is 0 Å². The lowest BCUT2D eigenvalue weighted by molar-refractivity contribution is -0.140. The van der Waals surface area contributed by atoms with Crippen molar-refractivity contribution in [3.8, 4) is 5.88 Å². The number of anilines is 1. The molecule has 1 rings (SSSR count). The lowest BCUT2D eigenvalue weighted by Gasteiger charge is -2.05. The number of ether oxygens (including phenoxy) is 2. The molecule has 0 saturated heterocycles. The Labute approximate surface area is 94.8 Å². The van der Waals surface area contributed by atoms with Gasteiger partial charge in [-0.05, 0) is 12.5 Å². The maximum absolute atomic E-state index is 10.8. The van der Waals surface area contributed by atoms with E-state index < -0.39 is 0 Å². The van der Waals surface area contributed by atoms with Crippen molar-refractivity contribution >= 4 is 11.7 Å². The number of esters is 1. The van der Waals surface area contributed by atoms with Gasteiger partial charge in [-0.1, -0.05) is 0 Å². The zero-order valence-corrected chi connectivity index (χ0v) is 9.53. The van der Waals surface area contributed by atoms with Gasteiger partial charge in [-0.25, -0.2) is 4.98 Å². The van der Waals surface area contributed by atoms with Gasteiger partial charge in [0.25, 0.3) is 0 Å². The normalized spacial score (nSPS) is 9.62. The van der Waals surface area contributed by atoms with E-state index in [1.54, 1.807) is 19.4 Å². The van der Waals surface area contributed by atoms with Gasteiger partial charge < -0.3 is 14.8 Å². The molecule has 1 N–H and O–H groups in total. The first kappa shape index (κ1) is 12.3. The first-order valence-corrected chi connectivity index (χ1v) is 5.07. The van der Waals surface area contributed by atoms with E-state index in [1.807, 2.05) is 6.07 Å². The maximum atomic E-state index is 10.8. The second-order valence-corrected chi connectivity index (χ2v) is 3.20. The van der Waals surface area contributed by atoms with E-state index in [9.17, 15) is 4.79 Å². The summed E-state index contributed by atoms with van der Waals surface area (Å²) in [5, 5.41) is 3.15. The Hall–Kier alpha value is -1.78. The van der Waals surface area contributed by atoms with Crippen LogP contribution < -0.4 is 10.1 Å². The van der Waals surface area contributed by atoms with Crippen LogP contribution in [-0.4, -0.2) is 31.7 Å². The molecule has 1 aromatic heterocycles. The predicted octanol–water partition coefficient (Wildman–Crippen LogP) is 1.46. The zero-order chi connectivity index (χ0) is 11.8. The summed E-state index contributed by atoms with van der Waals surface area (Å²) in [6, 6.07) is 3.66. The fourth-order valence-corrected chi connectivity index (χ4v) is 1.17. The van der Waals surface area contributed by atoms with Gasteiger partial charge in [0.1, 0.15) is 0 Å². The van der Waals surface area contributed by atoms with Gasteiger partial charge >= 0.3 is 5.97 Å². The minimum atomic E-state index is -0.186. The molecule has 0 spiro atoms. The summed E-state index contributed by atoms with van der Waals surface area (Å²) in [5.41, 5.74) is 0.908. The third-order valence-electron chi connectivity index (χ3n) is 2.06. The van der Waals surface area contributed by atoms with Crippen molar-refractivity contribution in [1.29, 1.82) is 0 Å². The summed E-state index contributed by atoms with van der Waals surface area (Å²) in [7, 11) is 2.97. The molecule has 0 unspecified atom stereocenters. The van der Waals surface area contributed by atoms with Gasteiger partial charge in [0.05, 0.1) is 26.1 Å². The molecule has 0 fully saturated rings. The average Bonchev–Trinajstić information content (AvgIpc) is 2.35. The Balaban J connectivity index is 2.24. The third kappa shape index (κ3) is 4.16. The van der Waals surface area contributed by atoms with E-state index in [0.717, 1.165) is 12.1 Å². The number of pyridine rings is 1. The van der Waals surface area contributed by atoms with Crippen LogP contribution >= 0.6 is 0 Å². The van der Waals surface area contributed by atoms with Crippen LogP contribution in [0, 0.1) is 0 Å². The number of carbonyl (C=O) groups excluding carboxylic acids is 1. The second kappa shape index (κ2) is 6.66. The lowest BCUT2D eigenvalue weighted by Crippen LogP contribution is -2.06. The highest BCUT2D eigenvalue weighted by atomic mass is 16.5. The number of nitrogens with zero attached hydrogens (tertiary/aromatic N) is 1. The molecule has 0 aliphatic heterocycles. The van der Waals surface area contributed by atoms with Crippen molar-refractivity contribution < 1.29 is 14.3 Å². The molecule has 1 heterocycles. The van der Waals surface area contributed by atoms with E-state index in [1.165, 1.54) is 7.11 Å². The molecule has 0 radical (unpaired) electrons. The Morgan fingerprint density at radius 3 is 2.81 bits per heavy atom. The molecule has 5 heteroatoms. The Bertz CT molecular complexity index is 325. The minimum Gasteiger partial charge on any atom is -0.481 e. The predicted molar refractivity (Wildman–Crippen MR) is 60.5 cm³/mol. The smallest absolute Gasteiger partial charge is 0.305 e. The van der Waals surface area contributed by atoms with Crippen LogP contribution in [0.5, 0.6) is 5.88 Å². The number of hydrogen-bond acceptors (Lipinski definition) is 5. The van der Waals surface area contributed by atoms with Crippen LogP contribution in [0.25, 0.3) is 0 Å². The van der Waals surface area contributed by atoms with E-state index in [4.69, 9.17) is 4.74 Å². The Kier molecular flexibility index (Phi) is 5.11. The fraction of sp³-hybridized carbons (Fsp3) is 0.455. The van der Waals surface area contributed by atoms with Gasteiger partial charge in [0.2, 0.25) is 5.88 Å². The molecule has 0 aliphatic rings. The second-order valence-electron chi connectivity index (χ2n) is 3.20. The molecule has 16 heavy (non-hydrogen) atoms. The summed E-state index contributed by atoms with van der Waals surface area (Å²) in [5.74, 6) is 0.398. The van der Waals surface area contributed by atoms with Crippen molar-refractivity contribution in [1.82, 2.24) is 4.98 Å². The topological polar surface area (TPSA) is 60.5 Å². The van der Waals surface area contributed by atoms with Crippen molar-refractivity contribution in [3.05, 3.63) is 18.3 Å². The standard InChI is InChI=1S/C11H16N2O3/c1-15-10-6-5-9(8-13-10)12-7-3-4-11(14)16-2/h5-6,8,12H,3-4,7H2,1-2H3. The molecule has 0 atom stereocenters. The minimum absolute atomic E-state index is 0.186. The molecule has 88 valence electrons. The SMILES string of the molecule is COC(=O)CCCNc1ccc(OC)nc1. The van der Waals surface area contributed by atoms with E-state index in [-0.39, 0.29) is 5.97 Å². The third-order valence-corrected chi connectivity index (χ3v) is 2.06. The zero-order valence-electron chi connectivity index (χ0n) is 9.53. The fourth-order valence-electron chi connectivity index (χ4n) is 1.17. The van der Waals surface area contributed by atoms with E-state index >= 15 is 0 Å². The maximum Gasteiger partial charge on any atom is 0.305 e. The number of nitrogens with one attached hydrogen (secondary N) is 1. The summed E-state index contributed by atoms with van der Waals surface area (Å²) < 4.78 is 9.48. The summed E-state index contributed by atoms with van der Waals surface area (Å²) >= 11 is 0. The molecule has 0 bridgehead atoms. The lowest BCUT2D eigenvalue weighted by atomic mass is 10.3. The number of carbonyl (C=O) groups is 1. The first-order valence-electron chi connectivity index (χ1n) is 5.07. The molecule has 0 amide bonds. The summed E-state index contributed by atoms with van der Waals surface area (Å²) in [6.45, 7) is 0.711. The van der Waals surface area contributed by atoms with Gasteiger partial charge in [0.15, 0.2) is 0 Å². The molecule has 0 aliphatic carbocycles. The van der Waals surface area contributed by atoms with Crippen molar-refractivity contribution in [2.45, 2.75) is 12.8 Å². The highest BCUT2D eigenvalue weighted by Gasteiger charge is 1.99. The molecule has 1 aromatic rings. The highest BCUT2D eigenvalue weighted by Crippen LogP contribution is 2.10. The van der Waals surface area contributed by atoms with E-state index in [0.29, 0.717) is 18.8 Å². The van der Waals surface area contributed by atoms with Crippen molar-refractivity contribution in [2.75, 3.05) is 26.1 Å².